The Morgan fingerprint density at radius 2 is 1.51 bits per heavy atom. The molecule has 260 valence electrons. The molecule has 4 unspecified atom stereocenters. The topological polar surface area (TPSA) is 245 Å². The summed E-state index contributed by atoms with van der Waals surface area (Å²) in [5.74, 6) is -3.07. The Bertz CT molecular complexity index is 1380. The van der Waals surface area contributed by atoms with Crippen molar-refractivity contribution in [3.8, 4) is 0 Å². The number of aryl methyl sites for hydroxylation is 1. The maximum Gasteiger partial charge on any atom is 0.326 e. The number of imidazole rings is 1. The summed E-state index contributed by atoms with van der Waals surface area (Å²) in [6.45, 7) is 4.57. The van der Waals surface area contributed by atoms with E-state index >= 15 is 0 Å². The number of H-pyrrole nitrogens is 1. The number of nitrogens with zero attached hydrogens (tertiary/aromatic N) is 1. The molecule has 0 bridgehead atoms. The summed E-state index contributed by atoms with van der Waals surface area (Å²) in [6, 6.07) is 4.80. The molecule has 1 heterocycles. The molecule has 0 fully saturated rings. The molecule has 4 atom stereocenters. The summed E-state index contributed by atoms with van der Waals surface area (Å²) >= 11 is 5.29. The summed E-state index contributed by atoms with van der Waals surface area (Å²) < 4.78 is 2.11. The largest absolute Gasteiger partial charge is 0.480 e. The number of nitrogens with two attached hydrogens (primary N) is 2. The van der Waals surface area contributed by atoms with E-state index in [4.69, 9.17) is 29.1 Å². The van der Waals surface area contributed by atoms with E-state index in [0.717, 1.165) is 5.56 Å². The minimum absolute atomic E-state index is 0.0438. The van der Waals surface area contributed by atoms with Crippen LogP contribution in [0.2, 0.25) is 0 Å². The third-order valence-electron chi connectivity index (χ3n) is 7.31. The number of aromatic amines is 1. The summed E-state index contributed by atoms with van der Waals surface area (Å²) in [4.78, 5) is 56.0. The number of carboxylic acids is 1. The van der Waals surface area contributed by atoms with Crippen LogP contribution in [0, 0.1) is 10.2 Å². The Balaban J connectivity index is 2.29. The molecule has 0 spiro atoms. The van der Waals surface area contributed by atoms with Crippen molar-refractivity contribution in [1.82, 2.24) is 36.1 Å². The number of carbonyl (C=O) groups is 4. The fraction of sp³-hybridized carbons (Fsp3) is 0.548. The van der Waals surface area contributed by atoms with Crippen LogP contribution in [0.25, 0.3) is 0 Å². The predicted octanol–water partition coefficient (Wildman–Crippen LogP) is 0.166. The number of amides is 3. The molecule has 0 aliphatic heterocycles. The molecule has 2 aromatic rings. The maximum atomic E-state index is 13.9. The van der Waals surface area contributed by atoms with Crippen molar-refractivity contribution >= 4 is 41.9 Å². The van der Waals surface area contributed by atoms with Crippen LogP contribution in [-0.4, -0.2) is 87.6 Å². The van der Waals surface area contributed by atoms with Crippen molar-refractivity contribution in [2.75, 3.05) is 13.1 Å². The van der Waals surface area contributed by atoms with Crippen molar-refractivity contribution < 1.29 is 24.3 Å². The van der Waals surface area contributed by atoms with E-state index in [1.54, 1.807) is 42.1 Å². The normalized spacial score (nSPS) is 13.6. The van der Waals surface area contributed by atoms with E-state index in [2.05, 4.69) is 31.6 Å². The molecule has 0 saturated carbocycles. The van der Waals surface area contributed by atoms with E-state index in [1.807, 2.05) is 19.9 Å². The van der Waals surface area contributed by atoms with Crippen molar-refractivity contribution in [2.45, 2.75) is 89.0 Å². The van der Waals surface area contributed by atoms with E-state index in [9.17, 15) is 24.3 Å². The van der Waals surface area contributed by atoms with Crippen LogP contribution in [0.5, 0.6) is 0 Å². The van der Waals surface area contributed by atoms with Gasteiger partial charge in [0.15, 0.2) is 10.7 Å². The smallest absolute Gasteiger partial charge is 0.326 e. The number of guanidine groups is 1. The lowest BCUT2D eigenvalue weighted by atomic mass is 10.0. The maximum absolute atomic E-state index is 13.9. The lowest BCUT2D eigenvalue weighted by Crippen LogP contribution is -2.58. The number of nitrogens with one attached hydrogen (secondary N) is 7. The first-order chi connectivity index (χ1) is 22.3. The Hall–Kier alpha value is -4.28. The summed E-state index contributed by atoms with van der Waals surface area (Å²) in [6.07, 6.45) is 4.05. The molecule has 12 N–H and O–H groups in total. The minimum Gasteiger partial charge on any atom is -0.480 e. The first-order valence-corrected chi connectivity index (χ1v) is 16.2. The van der Waals surface area contributed by atoms with Gasteiger partial charge in [-0.05, 0) is 56.4 Å². The molecule has 47 heavy (non-hydrogen) atoms. The van der Waals surface area contributed by atoms with Crippen molar-refractivity contribution in [3.63, 3.8) is 0 Å². The van der Waals surface area contributed by atoms with Gasteiger partial charge < -0.3 is 52.7 Å². The molecule has 1 aromatic heterocycles. The third-order valence-corrected chi connectivity index (χ3v) is 7.70. The zero-order valence-electron chi connectivity index (χ0n) is 27.3. The van der Waals surface area contributed by atoms with Gasteiger partial charge in [0, 0.05) is 44.4 Å². The number of hydrogen-bond donors (Lipinski definition) is 10. The minimum atomic E-state index is -1.22. The van der Waals surface area contributed by atoms with E-state index in [0.29, 0.717) is 49.2 Å². The SMILES string of the molecule is CC(C)NC(CCCNC(=N)N)C(=O)NC(Cc1cn(C)c(=S)[nH]1)C(=O)NC(CCCCN)C(=O)NC(Cc1ccccc1)C(=O)O. The van der Waals surface area contributed by atoms with Gasteiger partial charge in [0.25, 0.3) is 0 Å². The lowest BCUT2D eigenvalue weighted by Gasteiger charge is -2.27. The molecular weight excluding hydrogens is 624 g/mol. The highest BCUT2D eigenvalue weighted by Crippen LogP contribution is 2.09. The highest BCUT2D eigenvalue weighted by Gasteiger charge is 2.31. The second-order valence-electron chi connectivity index (χ2n) is 11.8. The molecule has 1 aromatic carbocycles. The van der Waals surface area contributed by atoms with Crippen LogP contribution in [0.4, 0.5) is 0 Å². The van der Waals surface area contributed by atoms with Crippen molar-refractivity contribution in [2.24, 2.45) is 18.5 Å². The average Bonchev–Trinajstić information content (AvgIpc) is 3.33. The van der Waals surface area contributed by atoms with Gasteiger partial charge >= 0.3 is 5.97 Å². The highest BCUT2D eigenvalue weighted by molar-refractivity contribution is 7.71. The van der Waals surface area contributed by atoms with E-state index in [1.165, 1.54) is 0 Å². The standard InChI is InChI=1S/C31H50N10O5S/c1-19(2)36-22(13-9-15-35-30(33)34)26(42)39-24(17-21-18-41(3)31(47)37-21)28(44)38-23(12-7-8-14-32)27(43)40-25(29(45)46)16-20-10-5-4-6-11-20/h4-6,10-11,18-19,22-25,36H,7-9,12-17,32H2,1-3H3,(H,37,47)(H,38,44)(H,39,42)(H,40,43)(H,45,46)(H4,33,34,35). The fourth-order valence-electron chi connectivity index (χ4n) is 4.93. The summed E-state index contributed by atoms with van der Waals surface area (Å²) in [5, 5.41) is 31.3. The van der Waals surface area contributed by atoms with Gasteiger partial charge in [-0.1, -0.05) is 44.2 Å². The first-order valence-electron chi connectivity index (χ1n) is 15.8. The Morgan fingerprint density at radius 3 is 2.09 bits per heavy atom. The van der Waals surface area contributed by atoms with Gasteiger partial charge in [0.2, 0.25) is 17.7 Å². The molecule has 0 radical (unpaired) electrons. The Labute approximate surface area is 280 Å². The molecule has 15 nitrogen and oxygen atoms in total. The third kappa shape index (κ3) is 14.4. The number of hydrogen-bond acceptors (Lipinski definition) is 8. The van der Waals surface area contributed by atoms with Crippen LogP contribution in [0.1, 0.15) is 57.2 Å². The van der Waals surface area contributed by atoms with Crippen molar-refractivity contribution in [3.05, 3.63) is 52.6 Å². The van der Waals surface area contributed by atoms with Gasteiger partial charge in [-0.15, -0.1) is 0 Å². The highest BCUT2D eigenvalue weighted by atomic mass is 32.1. The average molecular weight is 675 g/mol. The molecule has 2 rings (SSSR count). The molecule has 16 heteroatoms. The fourth-order valence-corrected chi connectivity index (χ4v) is 5.12. The van der Waals surface area contributed by atoms with Gasteiger partial charge in [0.05, 0.1) is 6.04 Å². The first kappa shape index (κ1) is 38.9. The molecular formula is C31H50N10O5S. The number of aliphatic carboxylic acids is 1. The van der Waals surface area contributed by atoms with Gasteiger partial charge in [-0.25, -0.2) is 4.79 Å². The number of carboxylic acid groups (broad SMARTS) is 1. The molecule has 3 amide bonds. The van der Waals surface area contributed by atoms with Gasteiger partial charge in [-0.2, -0.15) is 0 Å². The molecule has 0 saturated heterocycles. The number of unbranched alkanes of at least 4 members (excludes halogenated alkanes) is 1. The second kappa shape index (κ2) is 20.1. The molecule has 0 aliphatic carbocycles. The predicted molar refractivity (Wildman–Crippen MR) is 182 cm³/mol. The monoisotopic (exact) mass is 674 g/mol. The van der Waals surface area contributed by atoms with Crippen LogP contribution in [-0.2, 0) is 39.1 Å². The quantitative estimate of drug-likeness (QED) is 0.0372. The van der Waals surface area contributed by atoms with Crippen LogP contribution < -0.4 is 38.1 Å². The van der Waals surface area contributed by atoms with E-state index in [-0.39, 0.29) is 31.3 Å². The zero-order chi connectivity index (χ0) is 34.9. The van der Waals surface area contributed by atoms with Crippen LogP contribution >= 0.6 is 12.2 Å². The van der Waals surface area contributed by atoms with Crippen LogP contribution in [0.3, 0.4) is 0 Å². The number of aromatic nitrogens is 2. The second-order valence-corrected chi connectivity index (χ2v) is 12.1. The zero-order valence-corrected chi connectivity index (χ0v) is 28.1. The number of benzene rings is 1. The number of rotatable bonds is 21. The molecule has 0 aliphatic rings. The van der Waals surface area contributed by atoms with Crippen molar-refractivity contribution in [1.29, 1.82) is 5.41 Å². The Morgan fingerprint density at radius 1 is 0.915 bits per heavy atom. The van der Waals surface area contributed by atoms with E-state index < -0.39 is 47.9 Å². The Kier molecular flexibility index (Phi) is 16.6. The lowest BCUT2D eigenvalue weighted by molar-refractivity contribution is -0.142. The summed E-state index contributed by atoms with van der Waals surface area (Å²) in [5.41, 5.74) is 12.4. The van der Waals surface area contributed by atoms with Gasteiger partial charge in [-0.3, -0.25) is 19.8 Å². The van der Waals surface area contributed by atoms with Crippen LogP contribution in [0.15, 0.2) is 36.5 Å². The van der Waals surface area contributed by atoms with Gasteiger partial charge in [0.1, 0.15) is 18.1 Å². The number of carbonyl (C=O) groups excluding carboxylic acids is 3. The summed E-state index contributed by atoms with van der Waals surface area (Å²) in [7, 11) is 1.75.